The maximum Gasteiger partial charge on any atom is 0.231 e. The number of hydrazone groups is 1. The van der Waals surface area contributed by atoms with Gasteiger partial charge in [0.25, 0.3) is 0 Å². The molecule has 0 unspecified atom stereocenters. The second kappa shape index (κ2) is 7.09. The van der Waals surface area contributed by atoms with E-state index >= 15 is 0 Å². The molecule has 27 heavy (non-hydrogen) atoms. The third kappa shape index (κ3) is 3.48. The van der Waals surface area contributed by atoms with E-state index in [4.69, 9.17) is 9.47 Å². The van der Waals surface area contributed by atoms with Crippen LogP contribution in [0, 0.1) is 25.2 Å². The van der Waals surface area contributed by atoms with Crippen LogP contribution in [-0.4, -0.2) is 17.5 Å². The van der Waals surface area contributed by atoms with E-state index < -0.39 is 0 Å². The third-order valence-electron chi connectivity index (χ3n) is 4.15. The van der Waals surface area contributed by atoms with Crippen molar-refractivity contribution in [2.45, 2.75) is 13.8 Å². The zero-order valence-corrected chi connectivity index (χ0v) is 15.6. The summed E-state index contributed by atoms with van der Waals surface area (Å²) in [4.78, 5) is 4.55. The first-order valence-electron chi connectivity index (χ1n) is 8.31. The van der Waals surface area contributed by atoms with Crippen LogP contribution in [0.1, 0.15) is 16.1 Å². The average molecular weight is 376 g/mol. The molecule has 4 rings (SSSR count). The number of nitrogens with one attached hydrogen (secondary N) is 1. The second-order valence-corrected chi connectivity index (χ2v) is 6.97. The van der Waals surface area contributed by atoms with Crippen molar-refractivity contribution >= 4 is 22.7 Å². The van der Waals surface area contributed by atoms with Gasteiger partial charge in [0.05, 0.1) is 11.4 Å². The lowest BCUT2D eigenvalue weighted by molar-refractivity contribution is 0.174. The van der Waals surface area contributed by atoms with Gasteiger partial charge in [-0.2, -0.15) is 10.4 Å². The van der Waals surface area contributed by atoms with Crippen LogP contribution in [0.15, 0.2) is 46.9 Å². The van der Waals surface area contributed by atoms with Gasteiger partial charge in [-0.3, -0.25) is 5.43 Å². The van der Waals surface area contributed by atoms with Gasteiger partial charge >= 0.3 is 0 Å². The van der Waals surface area contributed by atoms with Gasteiger partial charge in [-0.05, 0) is 43.7 Å². The Kier molecular flexibility index (Phi) is 4.48. The van der Waals surface area contributed by atoms with Gasteiger partial charge in [0.2, 0.25) is 6.79 Å². The molecule has 1 aliphatic heterocycles. The zero-order valence-electron chi connectivity index (χ0n) is 14.8. The van der Waals surface area contributed by atoms with Crippen molar-refractivity contribution in [3.63, 3.8) is 0 Å². The molecule has 0 radical (unpaired) electrons. The van der Waals surface area contributed by atoms with E-state index in [0.717, 1.165) is 28.3 Å². The number of benzene rings is 2. The molecule has 2 aromatic carbocycles. The quantitative estimate of drug-likeness (QED) is 0.536. The van der Waals surface area contributed by atoms with E-state index in [1.807, 2.05) is 49.6 Å². The number of ether oxygens (including phenoxy) is 2. The van der Waals surface area contributed by atoms with Crippen LogP contribution < -0.4 is 14.9 Å². The van der Waals surface area contributed by atoms with Crippen molar-refractivity contribution in [2.24, 2.45) is 5.10 Å². The Morgan fingerprint density at radius 3 is 2.85 bits per heavy atom. The minimum absolute atomic E-state index is 0.233. The molecule has 1 aromatic heterocycles. The van der Waals surface area contributed by atoms with E-state index in [1.54, 1.807) is 0 Å². The molecule has 0 amide bonds. The number of fused-ring (bicyclic) bond motifs is 1. The number of aromatic nitrogens is 1. The molecule has 2 heterocycles. The molecular weight excluding hydrogens is 360 g/mol. The number of hydrogen-bond donors (Lipinski definition) is 1. The molecule has 1 aliphatic rings. The van der Waals surface area contributed by atoms with Gasteiger partial charge in [0, 0.05) is 10.9 Å². The van der Waals surface area contributed by atoms with Crippen LogP contribution in [0.4, 0.5) is 5.69 Å². The number of hydrogen-bond acceptors (Lipinski definition) is 7. The van der Waals surface area contributed by atoms with Gasteiger partial charge in [0.15, 0.2) is 22.2 Å². The SMILES string of the molecule is Cc1ccc(N/N=C(/C#N)c2nc(-c3ccc4c(c3)OCO4)cs2)c(C)c1. The van der Waals surface area contributed by atoms with Gasteiger partial charge in [-0.15, -0.1) is 11.3 Å². The minimum atomic E-state index is 0.233. The summed E-state index contributed by atoms with van der Waals surface area (Å²) in [7, 11) is 0. The monoisotopic (exact) mass is 376 g/mol. The van der Waals surface area contributed by atoms with Crippen LogP contribution in [0.2, 0.25) is 0 Å². The molecule has 0 spiro atoms. The number of nitrogens with zero attached hydrogens (tertiary/aromatic N) is 3. The van der Waals surface area contributed by atoms with Crippen molar-refractivity contribution in [3.05, 3.63) is 57.9 Å². The summed E-state index contributed by atoms with van der Waals surface area (Å²) in [5, 5.41) is 16.2. The summed E-state index contributed by atoms with van der Waals surface area (Å²) in [6.45, 7) is 4.27. The van der Waals surface area contributed by atoms with Crippen molar-refractivity contribution < 1.29 is 9.47 Å². The largest absolute Gasteiger partial charge is 0.454 e. The summed E-state index contributed by atoms with van der Waals surface area (Å²) >= 11 is 1.38. The summed E-state index contributed by atoms with van der Waals surface area (Å²) in [6, 6.07) is 13.8. The summed E-state index contributed by atoms with van der Waals surface area (Å²) in [5.41, 5.74) is 7.99. The summed E-state index contributed by atoms with van der Waals surface area (Å²) in [5.74, 6) is 1.43. The minimum Gasteiger partial charge on any atom is -0.454 e. The Morgan fingerprint density at radius 1 is 1.19 bits per heavy atom. The van der Waals surface area contributed by atoms with Crippen molar-refractivity contribution in [2.75, 3.05) is 12.2 Å². The molecule has 3 aromatic rings. The fourth-order valence-electron chi connectivity index (χ4n) is 2.75. The fraction of sp³-hybridized carbons (Fsp3) is 0.150. The smallest absolute Gasteiger partial charge is 0.231 e. The van der Waals surface area contributed by atoms with E-state index in [-0.39, 0.29) is 12.5 Å². The molecule has 1 N–H and O–H groups in total. The Balaban J connectivity index is 1.58. The van der Waals surface area contributed by atoms with Crippen LogP contribution in [0.3, 0.4) is 0 Å². The maximum absolute atomic E-state index is 9.49. The van der Waals surface area contributed by atoms with Crippen molar-refractivity contribution in [1.82, 2.24) is 4.98 Å². The zero-order chi connectivity index (χ0) is 18.8. The van der Waals surface area contributed by atoms with Crippen LogP contribution in [0.5, 0.6) is 11.5 Å². The van der Waals surface area contributed by atoms with Gasteiger partial charge < -0.3 is 9.47 Å². The first-order chi connectivity index (χ1) is 13.1. The fourth-order valence-corrected chi connectivity index (χ4v) is 3.51. The molecule has 0 aliphatic carbocycles. The van der Waals surface area contributed by atoms with Gasteiger partial charge in [-0.25, -0.2) is 4.98 Å². The van der Waals surface area contributed by atoms with Crippen molar-refractivity contribution in [3.8, 4) is 28.8 Å². The lowest BCUT2D eigenvalue weighted by Gasteiger charge is -2.05. The second-order valence-electron chi connectivity index (χ2n) is 6.11. The molecule has 6 nitrogen and oxygen atoms in total. The third-order valence-corrected chi connectivity index (χ3v) is 5.00. The van der Waals surface area contributed by atoms with E-state index in [0.29, 0.717) is 10.8 Å². The van der Waals surface area contributed by atoms with E-state index in [9.17, 15) is 5.26 Å². The molecular formula is C20H16N4O2S. The summed E-state index contributed by atoms with van der Waals surface area (Å²) < 4.78 is 10.7. The lowest BCUT2D eigenvalue weighted by Crippen LogP contribution is -2.02. The number of anilines is 1. The maximum atomic E-state index is 9.49. The normalized spacial score (nSPS) is 12.7. The lowest BCUT2D eigenvalue weighted by atomic mass is 10.1. The molecule has 7 heteroatoms. The Morgan fingerprint density at radius 2 is 2.04 bits per heavy atom. The van der Waals surface area contributed by atoms with E-state index in [1.165, 1.54) is 16.9 Å². The van der Waals surface area contributed by atoms with Crippen LogP contribution in [0.25, 0.3) is 11.3 Å². The molecule has 134 valence electrons. The average Bonchev–Trinajstić information content (AvgIpc) is 3.32. The highest BCUT2D eigenvalue weighted by Crippen LogP contribution is 2.36. The van der Waals surface area contributed by atoms with E-state index in [2.05, 4.69) is 27.6 Å². The Hall–Kier alpha value is -3.37. The predicted octanol–water partition coefficient (Wildman–Crippen LogP) is 4.50. The first-order valence-corrected chi connectivity index (χ1v) is 9.19. The number of thiazole rings is 1. The molecule has 0 saturated heterocycles. The standard InChI is InChI=1S/C20H16N4O2S/c1-12-3-5-15(13(2)7-12)23-24-16(9-21)20-22-17(10-27-20)14-4-6-18-19(8-14)26-11-25-18/h3-8,10,23H,11H2,1-2H3/b24-16-. The highest BCUT2D eigenvalue weighted by molar-refractivity contribution is 7.12. The number of rotatable bonds is 4. The van der Waals surface area contributed by atoms with Gasteiger partial charge in [-0.1, -0.05) is 17.7 Å². The molecule has 0 fully saturated rings. The van der Waals surface area contributed by atoms with Crippen LogP contribution in [-0.2, 0) is 0 Å². The predicted molar refractivity (Wildman–Crippen MR) is 105 cm³/mol. The molecule has 0 atom stereocenters. The highest BCUT2D eigenvalue weighted by atomic mass is 32.1. The van der Waals surface area contributed by atoms with Gasteiger partial charge in [0.1, 0.15) is 6.07 Å². The topological polar surface area (TPSA) is 79.5 Å². The number of nitriles is 1. The molecule has 0 bridgehead atoms. The Labute approximate surface area is 160 Å². The summed E-state index contributed by atoms with van der Waals surface area (Å²) in [6.07, 6.45) is 0. The van der Waals surface area contributed by atoms with Crippen LogP contribution >= 0.6 is 11.3 Å². The number of aryl methyl sites for hydroxylation is 2. The Bertz CT molecular complexity index is 1080. The first kappa shape index (κ1) is 17.1. The van der Waals surface area contributed by atoms with Crippen molar-refractivity contribution in [1.29, 1.82) is 5.26 Å². The highest BCUT2D eigenvalue weighted by Gasteiger charge is 2.16. The molecule has 0 saturated carbocycles.